The number of aromatic nitrogens is 17. The van der Waals surface area contributed by atoms with Gasteiger partial charge in [0.2, 0.25) is 0 Å². The average Bonchev–Trinajstić information content (AvgIpc) is 0.791. The number of hydrogen-bond donors (Lipinski definition) is 6. The molecule has 1 saturated heterocycles. The first-order valence-corrected chi connectivity index (χ1v) is 44.5. The van der Waals surface area contributed by atoms with Crippen LogP contribution in [0.2, 0.25) is 20.5 Å². The normalized spacial score (nSPS) is 10.9. The number of benzene rings is 4. The molecule has 0 amide bonds. The molecule has 0 aliphatic carbocycles. The highest BCUT2D eigenvalue weighted by molar-refractivity contribution is 7.99. The van der Waals surface area contributed by atoms with Gasteiger partial charge in [-0.2, -0.15) is 5.26 Å². The average molecular weight is 1890 g/mol. The van der Waals surface area contributed by atoms with Gasteiger partial charge >= 0.3 is 0 Å². The highest BCUT2D eigenvalue weighted by Crippen LogP contribution is 2.33. The van der Waals surface area contributed by atoms with Crippen LogP contribution in [0, 0.1) is 52.9 Å². The minimum atomic E-state index is -0.185. The molecule has 11 aromatic heterocycles. The Kier molecular flexibility index (Phi) is 44.5. The van der Waals surface area contributed by atoms with E-state index in [9.17, 15) is 28.8 Å². The second kappa shape index (κ2) is 53.0. The van der Waals surface area contributed by atoms with Crippen molar-refractivity contribution in [2.75, 3.05) is 18.0 Å². The predicted octanol–water partition coefficient (Wildman–Crippen LogP) is 22.0. The zero-order valence-electron chi connectivity index (χ0n) is 65.4. The van der Waals surface area contributed by atoms with E-state index in [4.69, 9.17) is 56.6 Å². The monoisotopic (exact) mass is 1890 g/mol. The van der Waals surface area contributed by atoms with Crippen molar-refractivity contribution in [3.63, 3.8) is 0 Å². The van der Waals surface area contributed by atoms with Crippen LogP contribution in [0.25, 0.3) is 32.6 Å². The van der Waals surface area contributed by atoms with E-state index in [1.807, 2.05) is 93.7 Å². The second-order valence-corrected chi connectivity index (χ2v) is 33.9. The molecule has 16 rings (SSSR count). The zero-order valence-corrected chi connectivity index (χ0v) is 73.3. The van der Waals surface area contributed by atoms with Crippen LogP contribution in [0.3, 0.4) is 0 Å². The van der Waals surface area contributed by atoms with Crippen molar-refractivity contribution in [2.45, 2.75) is 171 Å². The summed E-state index contributed by atoms with van der Waals surface area (Å²) in [5.74, 6) is 4.98. The summed E-state index contributed by atoms with van der Waals surface area (Å²) in [4.78, 5) is 134. The summed E-state index contributed by atoms with van der Waals surface area (Å²) in [6.07, 6.45) is 9.09. The SMILES string of the molecule is C.C.C.C.C.C.Cc1cc(=O)[nH]c(SCc2c(Cl)cccc2C#N)n1.Cc1cc(=O)[nH]c(SCc2cc3ccccc3nc2N2CCCCC2)n1.Cc1cc(=O)[nH]c(SCc2ccc(Cl)nc2)n1.Cc1cc(=O)[nH]c(SCc2ccc(Cl)nc2Cl)n1.Cc1cc(=O)[nH]c(SCc2ccc3ccccc3n2)n1.Cc1cc(=O)[nH]c(SCc2cccc3cnccc23)n1. The van der Waals surface area contributed by atoms with Crippen LogP contribution >= 0.6 is 117 Å². The summed E-state index contributed by atoms with van der Waals surface area (Å²) < 4.78 is 0. The number of hydrogen-bond acceptors (Lipinski definition) is 25. The predicted molar refractivity (Wildman–Crippen MR) is 526 cm³/mol. The number of nitrogens with zero attached hydrogens (tertiary/aromatic N) is 13. The molecule has 25 nitrogen and oxygen atoms in total. The van der Waals surface area contributed by atoms with E-state index >= 15 is 0 Å². The Morgan fingerprint density at radius 3 is 1.30 bits per heavy atom. The molecule has 6 N–H and O–H groups in total. The van der Waals surface area contributed by atoms with E-state index in [1.54, 1.807) is 81.3 Å². The number of H-pyrrole nitrogens is 6. The van der Waals surface area contributed by atoms with E-state index < -0.39 is 0 Å². The highest BCUT2D eigenvalue weighted by atomic mass is 35.5. The maximum absolute atomic E-state index is 11.7. The first kappa shape index (κ1) is 106. The van der Waals surface area contributed by atoms with Crippen molar-refractivity contribution in [2.24, 2.45) is 0 Å². The molecule has 0 atom stereocenters. The summed E-state index contributed by atoms with van der Waals surface area (Å²) >= 11 is 32.2. The molecule has 1 fully saturated rings. The van der Waals surface area contributed by atoms with E-state index in [0.29, 0.717) is 97.1 Å². The van der Waals surface area contributed by atoms with Crippen LogP contribution in [-0.4, -0.2) is 97.8 Å². The van der Waals surface area contributed by atoms with Crippen LogP contribution < -0.4 is 38.3 Å². The largest absolute Gasteiger partial charge is 0.356 e. The molecule has 0 bridgehead atoms. The van der Waals surface area contributed by atoms with Gasteiger partial charge < -0.3 is 34.8 Å². The molecule has 0 saturated carbocycles. The zero-order chi connectivity index (χ0) is 85.0. The third-order valence-corrected chi connectivity index (χ3v) is 23.7. The van der Waals surface area contributed by atoms with Crippen molar-refractivity contribution in [1.82, 2.24) is 84.7 Å². The minimum Gasteiger partial charge on any atom is -0.356 e. The molecule has 35 heteroatoms. The van der Waals surface area contributed by atoms with Gasteiger partial charge in [-0.3, -0.25) is 38.7 Å². The first-order chi connectivity index (χ1) is 57.9. The van der Waals surface area contributed by atoms with Crippen LogP contribution in [0.1, 0.15) is 137 Å². The minimum absolute atomic E-state index is 0. The quantitative estimate of drug-likeness (QED) is 0.0249. The molecule has 660 valence electrons. The lowest BCUT2D eigenvalue weighted by Crippen LogP contribution is -2.31. The molecule has 15 aromatic rings. The summed E-state index contributed by atoms with van der Waals surface area (Å²) in [5, 5.41) is 19.0. The Morgan fingerprint density at radius 1 is 0.381 bits per heavy atom. The van der Waals surface area contributed by atoms with Crippen LogP contribution in [0.5, 0.6) is 0 Å². The molecule has 0 unspecified atom stereocenters. The topological polar surface area (TPSA) is 366 Å². The van der Waals surface area contributed by atoms with E-state index in [1.165, 1.54) is 131 Å². The maximum atomic E-state index is 11.7. The number of piperidine rings is 1. The maximum Gasteiger partial charge on any atom is 0.251 e. The summed E-state index contributed by atoms with van der Waals surface area (Å²) in [7, 11) is 0. The fourth-order valence-electron chi connectivity index (χ4n) is 11.6. The van der Waals surface area contributed by atoms with Gasteiger partial charge in [0.15, 0.2) is 30.9 Å². The first-order valence-electron chi connectivity index (χ1n) is 37.0. The van der Waals surface area contributed by atoms with Crippen molar-refractivity contribution in [3.05, 3.63) is 344 Å². The van der Waals surface area contributed by atoms with Gasteiger partial charge in [0, 0.05) is 164 Å². The fraction of sp³-hybridized carbons (Fsp3) is 0.253. The van der Waals surface area contributed by atoms with E-state index in [-0.39, 0.29) is 77.9 Å². The standard InChI is InChI=1S/C20H22N4OS.2C15H13N3OS.C13H10ClN3OS.C11H9Cl2N3OS.C11H10ClN3OS.6CH4/c1-14-11-18(25)23-20(21-14)26-13-16-12-15-7-3-4-8-17(15)22-19(16)24-9-5-2-6-10-24;1-10-7-14(19)18-15(17-10)20-9-12-4-2-3-11-8-16-6-5-13(11)12;1-10-8-14(19)18-15(16-10)20-9-12-7-6-11-4-2-3-5-13(11)17-12;1-8-5-12(18)17-13(16-8)19-7-10-9(6-15)3-2-4-11(10)14;1-6-4-9(17)16-11(14-6)18-5-7-2-3-8(12)15-10(7)13;1-7-4-10(16)15-11(14-7)17-6-8-2-3-9(12)13-5-8;;;;;;/h3-4,7-8,11-12H,2,5-6,9-10,13H2,1H3,(H,21,23,25);2-8H,9H2,1H3,(H,17,18,19);2-8H,9H2,1H3,(H,16,18,19);2-5H,7H2,1H3,(H,16,17,18);2-4H,5H2,1H3,(H,14,16,17);2-5H,6H2,1H3,(H,14,15,16);6*1H4. The van der Waals surface area contributed by atoms with E-state index in [2.05, 4.69) is 121 Å². The highest BCUT2D eigenvalue weighted by Gasteiger charge is 2.19. The number of fused-ring (bicyclic) bond motifs is 3. The Morgan fingerprint density at radius 2 is 0.817 bits per heavy atom. The van der Waals surface area contributed by atoms with Gasteiger partial charge in [-0.25, -0.2) is 44.9 Å². The van der Waals surface area contributed by atoms with Crippen LogP contribution in [-0.2, 0) is 34.5 Å². The van der Waals surface area contributed by atoms with Crippen molar-refractivity contribution >= 4 is 155 Å². The third kappa shape index (κ3) is 33.5. The number of thioether (sulfide) groups is 6. The summed E-state index contributed by atoms with van der Waals surface area (Å²) in [6, 6.07) is 54.0. The second-order valence-electron chi connectivity index (χ2n) is 26.6. The van der Waals surface area contributed by atoms with Crippen molar-refractivity contribution < 1.29 is 0 Å². The van der Waals surface area contributed by atoms with Crippen LogP contribution in [0.15, 0.2) is 248 Å². The molecule has 126 heavy (non-hydrogen) atoms. The molecule has 1 aliphatic rings. The Bertz CT molecular complexity index is 6500. The van der Waals surface area contributed by atoms with Crippen molar-refractivity contribution in [1.29, 1.82) is 5.26 Å². The number of halogens is 4. The van der Waals surface area contributed by atoms with Gasteiger partial charge in [-0.1, -0.05) is 240 Å². The Balaban J connectivity index is 0.000000267. The Labute approximate surface area is 778 Å². The molecule has 0 radical (unpaired) electrons. The summed E-state index contributed by atoms with van der Waals surface area (Å²) in [5.41, 5.74) is 12.0. The fourth-order valence-corrected chi connectivity index (χ4v) is 17.9. The number of rotatable bonds is 19. The van der Waals surface area contributed by atoms with Gasteiger partial charge in [-0.15, -0.1) is 0 Å². The summed E-state index contributed by atoms with van der Waals surface area (Å²) in [6.45, 7) is 12.9. The van der Waals surface area contributed by atoms with Gasteiger partial charge in [0.25, 0.3) is 33.4 Å². The molecule has 1 aliphatic heterocycles. The van der Waals surface area contributed by atoms with Gasteiger partial charge in [0.1, 0.15) is 21.3 Å². The molecule has 4 aromatic carbocycles. The number of nitriles is 1. The number of nitrogens with one attached hydrogen (secondary N) is 6. The van der Waals surface area contributed by atoms with Gasteiger partial charge in [0.05, 0.1) is 28.4 Å². The lowest BCUT2D eigenvalue weighted by molar-refractivity contribution is 0.573. The number of para-hydroxylation sites is 2. The van der Waals surface area contributed by atoms with Crippen LogP contribution in [0.4, 0.5) is 5.82 Å². The van der Waals surface area contributed by atoms with Crippen molar-refractivity contribution in [3.8, 4) is 6.07 Å². The van der Waals surface area contributed by atoms with Gasteiger partial charge in [-0.05, 0) is 143 Å². The smallest absolute Gasteiger partial charge is 0.251 e. The molecule has 0 spiro atoms. The lowest BCUT2D eigenvalue weighted by atomic mass is 10.1. The number of anilines is 1. The molecule has 12 heterocycles. The molecular formula is C91H101Cl4N19O6S6. The molecular weight excluding hydrogens is 1790 g/mol. The number of pyridine rings is 5. The third-order valence-electron chi connectivity index (χ3n) is 17.0. The Hall–Kier alpha value is -10.8. The van der Waals surface area contributed by atoms with E-state index in [0.717, 1.165) is 97.1 Å². The number of aryl methyl sites for hydroxylation is 6. The lowest BCUT2D eigenvalue weighted by Gasteiger charge is -2.29. The number of aromatic amines is 6.